The van der Waals surface area contributed by atoms with Crippen molar-refractivity contribution in [2.24, 2.45) is 0 Å². The summed E-state index contributed by atoms with van der Waals surface area (Å²) >= 11 is 1.18. The van der Waals surface area contributed by atoms with Crippen LogP contribution >= 0.6 is 11.8 Å². The minimum Gasteiger partial charge on any atom is -0.398 e. The van der Waals surface area contributed by atoms with Gasteiger partial charge in [-0.15, -0.1) is 0 Å². The molecule has 2 N–H and O–H groups in total. The van der Waals surface area contributed by atoms with Crippen LogP contribution in [0.2, 0.25) is 0 Å². The van der Waals surface area contributed by atoms with Gasteiger partial charge in [0.05, 0.1) is 12.1 Å². The summed E-state index contributed by atoms with van der Waals surface area (Å²) in [6.07, 6.45) is 2.08. The molecule has 1 aromatic heterocycles. The highest BCUT2D eigenvalue weighted by molar-refractivity contribution is 8.13. The lowest BCUT2D eigenvalue weighted by atomic mass is 10.1. The van der Waals surface area contributed by atoms with Crippen molar-refractivity contribution in [3.63, 3.8) is 0 Å². The minimum atomic E-state index is -0.192. The van der Waals surface area contributed by atoms with Gasteiger partial charge in [-0.2, -0.15) is 0 Å². The Morgan fingerprint density at radius 1 is 1.30 bits per heavy atom. The number of nitrogens with two attached hydrogens (primary N) is 1. The zero-order valence-corrected chi connectivity index (χ0v) is 11.5. The number of carbonyl (C=O) groups is 2. The largest absolute Gasteiger partial charge is 0.398 e. The topological polar surface area (TPSA) is 76.3 Å². The van der Waals surface area contributed by atoms with Gasteiger partial charge in [0, 0.05) is 29.4 Å². The molecule has 0 saturated carbocycles. The summed E-state index contributed by atoms with van der Waals surface area (Å²) < 4.78 is 0. The van der Waals surface area contributed by atoms with Crippen molar-refractivity contribution in [1.82, 2.24) is 9.88 Å². The summed E-state index contributed by atoms with van der Waals surface area (Å²) in [5, 5.41) is 0.650. The van der Waals surface area contributed by atoms with Crippen molar-refractivity contribution in [3.8, 4) is 0 Å². The quantitative estimate of drug-likeness (QED) is 0.858. The molecule has 1 saturated heterocycles. The minimum absolute atomic E-state index is 0.130. The van der Waals surface area contributed by atoms with Gasteiger partial charge in [-0.05, 0) is 23.8 Å². The number of pyridine rings is 1. The second kappa shape index (κ2) is 5.13. The predicted molar refractivity (Wildman–Crippen MR) is 79.2 cm³/mol. The summed E-state index contributed by atoms with van der Waals surface area (Å²) in [6, 6.07) is 7.31. The number of rotatable bonds is 2. The molecule has 0 spiro atoms. The molecule has 1 fully saturated rings. The molecule has 2 heterocycles. The molecule has 0 atom stereocenters. The summed E-state index contributed by atoms with van der Waals surface area (Å²) in [4.78, 5) is 29.3. The second-order valence-corrected chi connectivity index (χ2v) is 5.60. The smallest absolute Gasteiger partial charge is 0.288 e. The third kappa shape index (κ3) is 2.22. The molecular formula is C14H13N3O2S. The lowest BCUT2D eigenvalue weighted by molar-refractivity contribution is -0.128. The third-order valence-corrected chi connectivity index (χ3v) is 4.15. The number of nitrogens with zero attached hydrogens (tertiary/aromatic N) is 2. The monoisotopic (exact) mass is 287 g/mol. The predicted octanol–water partition coefficient (Wildman–Crippen LogP) is 2.40. The molecule has 6 heteroatoms. The van der Waals surface area contributed by atoms with Crippen molar-refractivity contribution in [3.05, 3.63) is 36.0 Å². The fraction of sp³-hybridized carbons (Fsp3) is 0.214. The van der Waals surface area contributed by atoms with E-state index in [4.69, 9.17) is 5.73 Å². The number of benzene rings is 1. The molecule has 0 unspecified atom stereocenters. The van der Waals surface area contributed by atoms with Crippen LogP contribution in [-0.2, 0) is 11.3 Å². The van der Waals surface area contributed by atoms with Crippen molar-refractivity contribution < 1.29 is 9.59 Å². The van der Waals surface area contributed by atoms with Crippen LogP contribution in [0, 0.1) is 0 Å². The number of imide groups is 1. The van der Waals surface area contributed by atoms with Gasteiger partial charge in [0.25, 0.3) is 5.24 Å². The highest BCUT2D eigenvalue weighted by atomic mass is 32.2. The molecule has 2 amide bonds. The Labute approximate surface area is 120 Å². The highest BCUT2D eigenvalue weighted by Crippen LogP contribution is 2.26. The molecule has 2 aromatic rings. The van der Waals surface area contributed by atoms with E-state index in [9.17, 15) is 9.59 Å². The Hall–Kier alpha value is -2.08. The number of fused-ring (bicyclic) bond motifs is 1. The molecule has 5 nitrogen and oxygen atoms in total. The van der Waals surface area contributed by atoms with E-state index in [1.165, 1.54) is 16.7 Å². The van der Waals surface area contributed by atoms with Gasteiger partial charge < -0.3 is 5.73 Å². The third-order valence-electron chi connectivity index (χ3n) is 3.28. The first-order chi connectivity index (χ1) is 9.66. The Kier molecular flexibility index (Phi) is 3.31. The van der Waals surface area contributed by atoms with Crippen LogP contribution in [0.3, 0.4) is 0 Å². The molecule has 0 radical (unpaired) electrons. The van der Waals surface area contributed by atoms with E-state index in [1.807, 2.05) is 18.2 Å². The maximum atomic E-state index is 11.9. The molecular weight excluding hydrogens is 274 g/mol. The molecule has 20 heavy (non-hydrogen) atoms. The van der Waals surface area contributed by atoms with Gasteiger partial charge in [0.1, 0.15) is 0 Å². The average molecular weight is 287 g/mol. The summed E-state index contributed by atoms with van der Waals surface area (Å²) in [6.45, 7) is 0.248. The standard InChI is InChI=1S/C14H13N3O2S/c15-11-4-3-9(13-10(11)2-1-6-16-13)8-17-12(18)5-7-20-14(17)19/h1-4,6H,5,7-8,15H2. The molecule has 0 aliphatic carbocycles. The van der Waals surface area contributed by atoms with Crippen molar-refractivity contribution in [1.29, 1.82) is 0 Å². The highest BCUT2D eigenvalue weighted by Gasteiger charge is 2.27. The number of thioether (sulfide) groups is 1. The van der Waals surface area contributed by atoms with Gasteiger partial charge >= 0.3 is 0 Å². The summed E-state index contributed by atoms with van der Waals surface area (Å²) in [5.41, 5.74) is 8.13. The second-order valence-electron chi connectivity index (χ2n) is 4.56. The number of hydrogen-bond donors (Lipinski definition) is 1. The van der Waals surface area contributed by atoms with E-state index in [2.05, 4.69) is 4.98 Å². The normalized spacial score (nSPS) is 15.9. The van der Waals surface area contributed by atoms with Crippen LogP contribution in [0.5, 0.6) is 0 Å². The summed E-state index contributed by atoms with van der Waals surface area (Å²) in [5.74, 6) is 0.434. The van der Waals surface area contributed by atoms with Crippen molar-refractivity contribution >= 4 is 39.5 Å². The Morgan fingerprint density at radius 3 is 2.95 bits per heavy atom. The van der Waals surface area contributed by atoms with Crippen LogP contribution in [0.1, 0.15) is 12.0 Å². The maximum Gasteiger partial charge on any atom is 0.288 e. The Balaban J connectivity index is 2.01. The average Bonchev–Trinajstić information content (AvgIpc) is 2.46. The first-order valence-electron chi connectivity index (χ1n) is 6.26. The van der Waals surface area contributed by atoms with Crippen LogP contribution in [-0.4, -0.2) is 26.8 Å². The first-order valence-corrected chi connectivity index (χ1v) is 7.24. The zero-order valence-electron chi connectivity index (χ0n) is 10.7. The number of hydrogen-bond acceptors (Lipinski definition) is 5. The lowest BCUT2D eigenvalue weighted by Gasteiger charge is -2.24. The first kappa shape index (κ1) is 12.9. The SMILES string of the molecule is Nc1ccc(CN2C(=O)CCSC2=O)c2ncccc12. The fourth-order valence-electron chi connectivity index (χ4n) is 2.24. The lowest BCUT2D eigenvalue weighted by Crippen LogP contribution is -2.37. The van der Waals surface area contributed by atoms with Gasteiger partial charge in [-0.25, -0.2) is 0 Å². The van der Waals surface area contributed by atoms with Gasteiger partial charge in [0.2, 0.25) is 5.91 Å². The number of amides is 2. The van der Waals surface area contributed by atoms with Crippen LogP contribution < -0.4 is 5.73 Å². The zero-order chi connectivity index (χ0) is 14.1. The summed E-state index contributed by atoms with van der Waals surface area (Å²) in [7, 11) is 0. The molecule has 102 valence electrons. The molecule has 1 aromatic carbocycles. The van der Waals surface area contributed by atoms with Crippen molar-refractivity contribution in [2.75, 3.05) is 11.5 Å². The van der Waals surface area contributed by atoms with E-state index < -0.39 is 0 Å². The van der Waals surface area contributed by atoms with Crippen LogP contribution in [0.15, 0.2) is 30.5 Å². The van der Waals surface area contributed by atoms with Gasteiger partial charge in [0.15, 0.2) is 0 Å². The maximum absolute atomic E-state index is 11.9. The number of aromatic nitrogens is 1. The van der Waals surface area contributed by atoms with E-state index in [-0.39, 0.29) is 17.7 Å². The Bertz CT molecular complexity index is 686. The van der Waals surface area contributed by atoms with Crippen molar-refractivity contribution in [2.45, 2.75) is 13.0 Å². The number of nitrogen functional groups attached to an aromatic ring is 1. The molecule has 1 aliphatic heterocycles. The number of anilines is 1. The fourth-order valence-corrected chi connectivity index (χ4v) is 3.02. The van der Waals surface area contributed by atoms with Gasteiger partial charge in [-0.1, -0.05) is 17.8 Å². The van der Waals surface area contributed by atoms with Crippen LogP contribution in [0.25, 0.3) is 10.9 Å². The molecule has 1 aliphatic rings. The molecule has 3 rings (SSSR count). The Morgan fingerprint density at radius 2 is 2.15 bits per heavy atom. The van der Waals surface area contributed by atoms with Crippen LogP contribution in [0.4, 0.5) is 10.5 Å². The number of carbonyl (C=O) groups excluding carboxylic acids is 2. The van der Waals surface area contributed by atoms with E-state index in [0.29, 0.717) is 17.9 Å². The molecule has 0 bridgehead atoms. The van der Waals surface area contributed by atoms with E-state index in [0.717, 1.165) is 16.5 Å². The van der Waals surface area contributed by atoms with Gasteiger partial charge in [-0.3, -0.25) is 19.5 Å². The van der Waals surface area contributed by atoms with E-state index >= 15 is 0 Å². The van der Waals surface area contributed by atoms with E-state index in [1.54, 1.807) is 12.3 Å².